The predicted molar refractivity (Wildman–Crippen MR) is 186 cm³/mol. The molecule has 47 heavy (non-hydrogen) atoms. The third-order valence-corrected chi connectivity index (χ3v) is 8.78. The number of hydrogen-bond donors (Lipinski definition) is 0. The fourth-order valence-electron chi connectivity index (χ4n) is 6.69. The molecule has 0 radical (unpaired) electrons. The van der Waals surface area contributed by atoms with Crippen molar-refractivity contribution in [3.8, 4) is 17.3 Å². The maximum absolute atomic E-state index is 6.54. The van der Waals surface area contributed by atoms with E-state index in [4.69, 9.17) is 4.74 Å². The molecule has 2 aliphatic heterocycles. The predicted octanol–water partition coefficient (Wildman–Crippen LogP) is 6.86. The number of benzene rings is 5. The second kappa shape index (κ2) is 11.8. The number of fused-ring (bicyclic) bond motifs is 6. The first-order valence-electron chi connectivity index (χ1n) is 15.3. The summed E-state index contributed by atoms with van der Waals surface area (Å²) in [6.45, 7) is 2.13. The smallest absolute Gasteiger partial charge is 0.254 e. The van der Waals surface area contributed by atoms with Gasteiger partial charge in [0.2, 0.25) is 0 Å². The van der Waals surface area contributed by atoms with Gasteiger partial charge in [0.05, 0.1) is 5.82 Å². The quantitative estimate of drug-likeness (QED) is 0.141. The number of pyridine rings is 1. The first kappa shape index (κ1) is 29.2. The van der Waals surface area contributed by atoms with Gasteiger partial charge in [-0.3, -0.25) is 0 Å². The maximum atomic E-state index is 6.54. The minimum absolute atomic E-state index is 0. The van der Waals surface area contributed by atoms with Gasteiger partial charge in [-0.2, -0.15) is 12.1 Å². The molecule has 230 valence electrons. The van der Waals surface area contributed by atoms with Crippen molar-refractivity contribution in [2.75, 3.05) is 16.8 Å². The molecule has 0 unspecified atom stereocenters. The molecule has 8 heteroatoms. The monoisotopic (exact) mass is 787 g/mol. The van der Waals surface area contributed by atoms with E-state index in [0.29, 0.717) is 11.5 Å². The summed E-state index contributed by atoms with van der Waals surface area (Å²) in [7, 11) is 2.15. The summed E-state index contributed by atoms with van der Waals surface area (Å²) in [5, 5.41) is 2.24. The van der Waals surface area contributed by atoms with Crippen LogP contribution >= 0.6 is 0 Å². The fourth-order valence-corrected chi connectivity index (χ4v) is 6.69. The summed E-state index contributed by atoms with van der Waals surface area (Å²) in [6.07, 6.45) is 3.99. The molecule has 9 rings (SSSR count). The normalized spacial score (nSPS) is 13.8. The number of anilines is 2. The van der Waals surface area contributed by atoms with E-state index in [9.17, 15) is 0 Å². The molecule has 0 bridgehead atoms. The van der Waals surface area contributed by atoms with Crippen LogP contribution in [0.1, 0.15) is 0 Å². The van der Waals surface area contributed by atoms with Crippen LogP contribution in [-0.2, 0) is 21.1 Å². The van der Waals surface area contributed by atoms with Gasteiger partial charge in [0, 0.05) is 56.2 Å². The first-order valence-corrected chi connectivity index (χ1v) is 15.3. The summed E-state index contributed by atoms with van der Waals surface area (Å²) in [5.74, 6) is 3.14. The summed E-state index contributed by atoms with van der Waals surface area (Å²) in [5.41, 5.74) is 6.41. The summed E-state index contributed by atoms with van der Waals surface area (Å²) >= 11 is 0. The van der Waals surface area contributed by atoms with Crippen molar-refractivity contribution in [2.45, 2.75) is 0 Å². The van der Waals surface area contributed by atoms with Gasteiger partial charge in [-0.05, 0) is 42.8 Å². The third kappa shape index (κ3) is 4.90. The van der Waals surface area contributed by atoms with Gasteiger partial charge >= 0.3 is 0 Å². The van der Waals surface area contributed by atoms with Gasteiger partial charge in [0.25, 0.3) is 6.85 Å². The average molecular weight is 788 g/mol. The molecular weight excluding hydrogens is 760 g/mol. The van der Waals surface area contributed by atoms with E-state index in [1.54, 1.807) is 0 Å². The van der Waals surface area contributed by atoms with Crippen molar-refractivity contribution in [3.63, 3.8) is 0 Å². The molecule has 0 spiro atoms. The Morgan fingerprint density at radius 3 is 2.26 bits per heavy atom. The van der Waals surface area contributed by atoms with E-state index in [1.807, 2.05) is 42.6 Å². The minimum Gasteiger partial charge on any atom is -0.509 e. The van der Waals surface area contributed by atoms with Crippen molar-refractivity contribution in [2.24, 2.45) is 0 Å². The van der Waals surface area contributed by atoms with Crippen LogP contribution in [0.4, 0.5) is 11.4 Å². The van der Waals surface area contributed by atoms with Crippen molar-refractivity contribution in [1.82, 2.24) is 14.4 Å². The number of para-hydroxylation sites is 2. The molecule has 4 heterocycles. The summed E-state index contributed by atoms with van der Waals surface area (Å²) < 4.78 is 8.68. The van der Waals surface area contributed by atoms with Gasteiger partial charge in [0.15, 0.2) is 0 Å². The van der Waals surface area contributed by atoms with Gasteiger partial charge in [-0.1, -0.05) is 83.8 Å². The molecule has 0 N–H and O–H groups in total. The zero-order chi connectivity index (χ0) is 30.6. The molecule has 0 fully saturated rings. The molecule has 5 aromatic carbocycles. The van der Waals surface area contributed by atoms with Crippen LogP contribution in [0, 0.1) is 18.8 Å². The average Bonchev–Trinajstić information content (AvgIpc) is 3.71. The Kier molecular flexibility index (Phi) is 7.34. The van der Waals surface area contributed by atoms with Crippen LogP contribution in [-0.4, -0.2) is 28.3 Å². The van der Waals surface area contributed by atoms with E-state index in [0.717, 1.165) is 50.3 Å². The summed E-state index contributed by atoms with van der Waals surface area (Å²) in [4.78, 5) is 11.3. The first-order chi connectivity index (χ1) is 22.7. The van der Waals surface area contributed by atoms with Crippen LogP contribution in [0.25, 0.3) is 27.6 Å². The molecule has 0 saturated heterocycles. The van der Waals surface area contributed by atoms with Crippen LogP contribution in [0.2, 0.25) is 0 Å². The van der Waals surface area contributed by atoms with Crippen molar-refractivity contribution >= 4 is 51.0 Å². The van der Waals surface area contributed by atoms with E-state index in [-0.39, 0.29) is 27.9 Å². The molecule has 2 aromatic heterocycles. The van der Waals surface area contributed by atoms with Gasteiger partial charge in [-0.15, -0.1) is 47.5 Å². The van der Waals surface area contributed by atoms with Crippen molar-refractivity contribution in [3.05, 3.63) is 164 Å². The molecule has 0 amide bonds. The number of aromatic nitrogens is 2. The van der Waals surface area contributed by atoms with Crippen molar-refractivity contribution in [1.29, 1.82) is 0 Å². The summed E-state index contributed by atoms with van der Waals surface area (Å²) in [6, 6.07) is 50.8. The Morgan fingerprint density at radius 1 is 0.723 bits per heavy atom. The van der Waals surface area contributed by atoms with Crippen molar-refractivity contribution < 1.29 is 25.8 Å². The largest absolute Gasteiger partial charge is 0.509 e. The Morgan fingerprint density at radius 2 is 1.45 bits per heavy atom. The zero-order valence-corrected chi connectivity index (χ0v) is 27.7. The van der Waals surface area contributed by atoms with E-state index in [1.165, 1.54) is 5.46 Å². The number of rotatable bonds is 5. The topological polar surface area (TPSA) is 36.8 Å². The second-order valence-corrected chi connectivity index (χ2v) is 11.5. The molecule has 2 aliphatic rings. The van der Waals surface area contributed by atoms with Crippen LogP contribution in [0.15, 0.2) is 146 Å². The third-order valence-electron chi connectivity index (χ3n) is 8.78. The molecular formula is C39H27BN5OPt-3. The molecule has 6 nitrogen and oxygen atoms in total. The van der Waals surface area contributed by atoms with Gasteiger partial charge < -0.3 is 23.9 Å². The van der Waals surface area contributed by atoms with E-state index < -0.39 is 0 Å². The molecule has 0 saturated carbocycles. The molecule has 7 aromatic rings. The van der Waals surface area contributed by atoms with E-state index in [2.05, 4.69) is 147 Å². The SMILES string of the molecule is CN1B(c2ccccc2)c2ccc(Oc3[c-]c4c(cc3)c3ccccc3n4-c3ccccn3)[c-]c2N2[CH-]N(c3ccccc3)C=C12.[Pt]. The Bertz CT molecular complexity index is 2260. The molecule has 0 atom stereocenters. The van der Waals surface area contributed by atoms with Gasteiger partial charge in [-0.25, -0.2) is 4.98 Å². The fraction of sp³-hybridized carbons (Fsp3) is 0.0256. The molecule has 0 aliphatic carbocycles. The van der Waals surface area contributed by atoms with Crippen LogP contribution in [0.5, 0.6) is 11.5 Å². The standard InChI is InChI=1S/C39H27BN5O.Pt/c1-42-39-26-43(29-14-6-3-7-15-29)27-44(39)37-25-31(20-22-34(37)40(42)28-12-4-2-5-13-28)46-30-19-21-33-32-16-8-9-17-35(32)45(36(33)24-30)38-18-10-11-23-41-38;/h2-23,26-27H,1H3;/q-3;. The second-order valence-electron chi connectivity index (χ2n) is 11.5. The van der Waals surface area contributed by atoms with Crippen LogP contribution < -0.4 is 25.5 Å². The van der Waals surface area contributed by atoms with E-state index >= 15 is 0 Å². The number of hydrogen-bond acceptors (Lipinski definition) is 5. The zero-order valence-electron chi connectivity index (χ0n) is 25.4. The Balaban J connectivity index is 0.00000324. The Hall–Kier alpha value is -5.26. The number of nitrogens with zero attached hydrogens (tertiary/aromatic N) is 5. The number of ether oxygens (including phenoxy) is 1. The van der Waals surface area contributed by atoms with Gasteiger partial charge in [0.1, 0.15) is 5.82 Å². The van der Waals surface area contributed by atoms with Crippen LogP contribution in [0.3, 0.4) is 0 Å². The minimum atomic E-state index is 0. The maximum Gasteiger partial charge on any atom is 0.254 e. The Labute approximate surface area is 288 Å².